The van der Waals surface area contributed by atoms with Crippen molar-refractivity contribution >= 4 is 44.5 Å². The molecule has 27 heavy (non-hydrogen) atoms. The van der Waals surface area contributed by atoms with Crippen molar-refractivity contribution in [1.82, 2.24) is 9.55 Å². The summed E-state index contributed by atoms with van der Waals surface area (Å²) in [6.07, 6.45) is 1.42. The normalized spacial score (nSPS) is 10.9. The molecule has 0 unspecified atom stereocenters. The van der Waals surface area contributed by atoms with Gasteiger partial charge in [0.25, 0.3) is 5.56 Å². The number of ether oxygens (including phenoxy) is 1. The van der Waals surface area contributed by atoms with E-state index < -0.39 is 0 Å². The van der Waals surface area contributed by atoms with Gasteiger partial charge < -0.3 is 10.1 Å². The van der Waals surface area contributed by atoms with E-state index in [1.807, 2.05) is 29.0 Å². The van der Waals surface area contributed by atoms with Gasteiger partial charge in [-0.25, -0.2) is 4.98 Å². The number of carbonyl (C=O) groups is 1. The number of nitrogens with one attached hydrogen (secondary N) is 1. The van der Waals surface area contributed by atoms with E-state index >= 15 is 0 Å². The molecule has 1 N–H and O–H groups in total. The second kappa shape index (κ2) is 7.34. The number of carbonyl (C=O) groups excluding carboxylic acids is 1. The molecule has 0 bridgehead atoms. The first-order valence-corrected chi connectivity index (χ1v) is 9.86. The fourth-order valence-electron chi connectivity index (χ4n) is 2.79. The third-order valence-electron chi connectivity index (χ3n) is 4.04. The Morgan fingerprint density at radius 3 is 2.85 bits per heavy atom. The lowest BCUT2D eigenvalue weighted by Crippen LogP contribution is -2.27. The monoisotopic (exact) mass is 397 g/mol. The highest BCUT2D eigenvalue weighted by molar-refractivity contribution is 7.18. The number of rotatable bonds is 5. The summed E-state index contributed by atoms with van der Waals surface area (Å²) in [5.41, 5.74) is 1.20. The molecule has 136 valence electrons. The van der Waals surface area contributed by atoms with E-state index in [0.717, 1.165) is 10.4 Å². The Balaban J connectivity index is 1.64. The third kappa shape index (κ3) is 3.36. The van der Waals surface area contributed by atoms with Gasteiger partial charge in [-0.15, -0.1) is 22.7 Å². The summed E-state index contributed by atoms with van der Waals surface area (Å²) in [6.45, 7) is -0.125. The molecular formula is C19H15N3O3S2. The Bertz CT molecular complexity index is 1160. The van der Waals surface area contributed by atoms with Crippen molar-refractivity contribution in [3.63, 3.8) is 0 Å². The Labute approximate surface area is 162 Å². The van der Waals surface area contributed by atoms with Gasteiger partial charge in [0.05, 0.1) is 24.5 Å². The van der Waals surface area contributed by atoms with Crippen molar-refractivity contribution in [1.29, 1.82) is 0 Å². The number of hydrogen-bond acceptors (Lipinski definition) is 6. The van der Waals surface area contributed by atoms with Gasteiger partial charge in [0.2, 0.25) is 5.91 Å². The number of nitrogens with zero attached hydrogens (tertiary/aromatic N) is 2. The molecule has 0 saturated carbocycles. The van der Waals surface area contributed by atoms with Crippen LogP contribution in [0, 0.1) is 0 Å². The molecule has 3 heterocycles. The summed E-state index contributed by atoms with van der Waals surface area (Å²) in [5, 5.41) is 7.23. The van der Waals surface area contributed by atoms with Gasteiger partial charge in [-0.2, -0.15) is 0 Å². The Hall–Kier alpha value is -2.97. The van der Waals surface area contributed by atoms with Crippen LogP contribution in [0.2, 0.25) is 0 Å². The highest BCUT2D eigenvalue weighted by Crippen LogP contribution is 2.33. The first kappa shape index (κ1) is 17.4. The van der Waals surface area contributed by atoms with Crippen molar-refractivity contribution in [3.05, 3.63) is 63.8 Å². The van der Waals surface area contributed by atoms with Crippen LogP contribution in [0.4, 0.5) is 5.69 Å². The van der Waals surface area contributed by atoms with Gasteiger partial charge in [-0.05, 0) is 23.6 Å². The van der Waals surface area contributed by atoms with Crippen molar-refractivity contribution in [2.75, 3.05) is 12.4 Å². The van der Waals surface area contributed by atoms with Crippen molar-refractivity contribution < 1.29 is 9.53 Å². The van der Waals surface area contributed by atoms with Crippen LogP contribution in [0.3, 0.4) is 0 Å². The molecule has 0 fully saturated rings. The lowest BCUT2D eigenvalue weighted by molar-refractivity contribution is -0.116. The van der Waals surface area contributed by atoms with E-state index in [1.165, 1.54) is 29.3 Å². The molecule has 3 aromatic heterocycles. The maximum absolute atomic E-state index is 12.9. The summed E-state index contributed by atoms with van der Waals surface area (Å²) < 4.78 is 6.56. The topological polar surface area (TPSA) is 73.2 Å². The van der Waals surface area contributed by atoms with E-state index in [0.29, 0.717) is 21.7 Å². The number of benzene rings is 1. The van der Waals surface area contributed by atoms with E-state index in [9.17, 15) is 9.59 Å². The van der Waals surface area contributed by atoms with E-state index in [4.69, 9.17) is 4.74 Å². The van der Waals surface area contributed by atoms with Crippen LogP contribution in [-0.2, 0) is 11.3 Å². The van der Waals surface area contributed by atoms with E-state index in [1.54, 1.807) is 29.5 Å². The van der Waals surface area contributed by atoms with Crippen LogP contribution < -0.4 is 15.6 Å². The van der Waals surface area contributed by atoms with Gasteiger partial charge in [-0.1, -0.05) is 18.2 Å². The molecule has 1 aromatic carbocycles. The number of aromatic nitrogens is 2. The summed E-state index contributed by atoms with van der Waals surface area (Å²) >= 11 is 2.99. The number of thiophene rings is 2. The van der Waals surface area contributed by atoms with Crippen molar-refractivity contribution in [2.24, 2.45) is 0 Å². The predicted molar refractivity (Wildman–Crippen MR) is 109 cm³/mol. The number of hydrogen-bond donors (Lipinski definition) is 1. The van der Waals surface area contributed by atoms with Gasteiger partial charge in [0.15, 0.2) is 0 Å². The van der Waals surface area contributed by atoms with E-state index in [2.05, 4.69) is 10.3 Å². The summed E-state index contributed by atoms with van der Waals surface area (Å²) in [7, 11) is 1.54. The molecule has 8 heteroatoms. The Morgan fingerprint density at radius 1 is 1.22 bits per heavy atom. The zero-order valence-corrected chi connectivity index (χ0v) is 16.0. The van der Waals surface area contributed by atoms with Crippen LogP contribution in [0.5, 0.6) is 5.75 Å². The van der Waals surface area contributed by atoms with Crippen LogP contribution in [0.25, 0.3) is 20.7 Å². The Morgan fingerprint density at radius 2 is 2.07 bits per heavy atom. The molecule has 0 aliphatic heterocycles. The fourth-order valence-corrected chi connectivity index (χ4v) is 4.51. The third-order valence-corrected chi connectivity index (χ3v) is 5.83. The predicted octanol–water partition coefficient (Wildman–Crippen LogP) is 3.83. The maximum Gasteiger partial charge on any atom is 0.263 e. The molecule has 0 aliphatic rings. The lowest BCUT2D eigenvalue weighted by atomic mass is 10.2. The second-order valence-corrected chi connectivity index (χ2v) is 7.54. The number of anilines is 1. The minimum Gasteiger partial charge on any atom is -0.495 e. The zero-order chi connectivity index (χ0) is 18.8. The van der Waals surface area contributed by atoms with Gasteiger partial charge in [0, 0.05) is 15.8 Å². The highest BCUT2D eigenvalue weighted by atomic mass is 32.1. The number of methoxy groups -OCH3 is 1. The molecule has 4 rings (SSSR count). The zero-order valence-electron chi connectivity index (χ0n) is 14.3. The van der Waals surface area contributed by atoms with E-state index in [-0.39, 0.29) is 18.0 Å². The summed E-state index contributed by atoms with van der Waals surface area (Å²) in [5.74, 6) is 0.236. The average molecular weight is 397 g/mol. The minimum atomic E-state index is -0.323. The van der Waals surface area contributed by atoms with Gasteiger partial charge in [0.1, 0.15) is 17.1 Å². The standard InChI is InChI=1S/C19H15N3O3S2/c1-25-14-6-3-2-5-13(14)21-16(23)9-22-11-20-18-17(19(22)24)12(10-27-18)15-7-4-8-26-15/h2-8,10-11H,9H2,1H3,(H,21,23). The van der Waals surface area contributed by atoms with Crippen LogP contribution >= 0.6 is 22.7 Å². The molecule has 1 amide bonds. The summed E-state index contributed by atoms with van der Waals surface area (Å²) in [6, 6.07) is 11.0. The van der Waals surface area contributed by atoms with Crippen LogP contribution in [0.1, 0.15) is 0 Å². The first-order chi connectivity index (χ1) is 13.2. The smallest absolute Gasteiger partial charge is 0.263 e. The Kier molecular flexibility index (Phi) is 4.74. The van der Waals surface area contributed by atoms with Gasteiger partial charge in [-0.3, -0.25) is 14.2 Å². The van der Waals surface area contributed by atoms with Crippen molar-refractivity contribution in [2.45, 2.75) is 6.54 Å². The second-order valence-electron chi connectivity index (χ2n) is 5.73. The maximum atomic E-state index is 12.9. The van der Waals surface area contributed by atoms with Crippen LogP contribution in [-0.4, -0.2) is 22.6 Å². The molecule has 0 atom stereocenters. The molecule has 0 spiro atoms. The molecule has 0 radical (unpaired) electrons. The number of fused-ring (bicyclic) bond motifs is 1. The molecule has 0 saturated heterocycles. The van der Waals surface area contributed by atoms with Crippen LogP contribution in [0.15, 0.2) is 58.3 Å². The summed E-state index contributed by atoms with van der Waals surface area (Å²) in [4.78, 5) is 31.4. The van der Waals surface area contributed by atoms with Gasteiger partial charge >= 0.3 is 0 Å². The first-order valence-electron chi connectivity index (χ1n) is 8.11. The largest absolute Gasteiger partial charge is 0.495 e. The number of amides is 1. The molecule has 4 aromatic rings. The number of para-hydroxylation sites is 2. The van der Waals surface area contributed by atoms with Crippen molar-refractivity contribution in [3.8, 4) is 16.2 Å². The quantitative estimate of drug-likeness (QED) is 0.555. The highest BCUT2D eigenvalue weighted by Gasteiger charge is 2.15. The SMILES string of the molecule is COc1ccccc1NC(=O)Cn1cnc2scc(-c3cccs3)c2c1=O. The lowest BCUT2D eigenvalue weighted by Gasteiger charge is -2.10. The molecule has 6 nitrogen and oxygen atoms in total. The minimum absolute atomic E-state index is 0.125. The molecule has 0 aliphatic carbocycles. The average Bonchev–Trinajstić information content (AvgIpc) is 3.34. The fraction of sp³-hybridized carbons (Fsp3) is 0.105. The molecular weight excluding hydrogens is 382 g/mol.